The first kappa shape index (κ1) is 20.3. The summed E-state index contributed by atoms with van der Waals surface area (Å²) in [7, 11) is 0. The Morgan fingerprint density at radius 2 is 1.96 bits per heavy atom. The molecule has 0 N–H and O–H groups in total. The Balaban J connectivity index is 2.44. The van der Waals surface area contributed by atoms with Crippen LogP contribution in [-0.2, 0) is 15.7 Å². The van der Waals surface area contributed by atoms with E-state index in [4.69, 9.17) is 27.9 Å². The monoisotopic (exact) mass is 403 g/mol. The van der Waals surface area contributed by atoms with Gasteiger partial charge in [0.15, 0.2) is 0 Å². The third-order valence-electron chi connectivity index (χ3n) is 3.41. The van der Waals surface area contributed by atoms with Gasteiger partial charge in [0.05, 0.1) is 27.9 Å². The number of halogens is 5. The van der Waals surface area contributed by atoms with E-state index in [1.807, 2.05) is 0 Å². The maximum atomic E-state index is 12.9. The maximum absolute atomic E-state index is 12.9. The number of hydrogen-bond acceptors (Lipinski definition) is 3. The highest BCUT2D eigenvalue weighted by molar-refractivity contribution is 6.44. The van der Waals surface area contributed by atoms with Gasteiger partial charge in [0, 0.05) is 17.3 Å². The van der Waals surface area contributed by atoms with Gasteiger partial charge in [0.2, 0.25) is 0 Å². The number of aromatic nitrogens is 1. The fraction of sp³-hybridized carbons (Fsp3) is 0.222. The zero-order valence-electron chi connectivity index (χ0n) is 13.8. The van der Waals surface area contributed by atoms with Crippen LogP contribution in [0.15, 0.2) is 36.0 Å². The highest BCUT2D eigenvalue weighted by Crippen LogP contribution is 2.41. The van der Waals surface area contributed by atoms with Crippen LogP contribution in [0.2, 0.25) is 10.0 Å². The molecule has 0 radical (unpaired) electrons. The molecule has 0 aliphatic carbocycles. The minimum Gasteiger partial charge on any atom is -0.463 e. The second-order valence-electron chi connectivity index (χ2n) is 5.32. The number of carbonyl (C=O) groups excluding carboxylic acids is 1. The Labute approximate surface area is 158 Å². The van der Waals surface area contributed by atoms with Crippen molar-refractivity contribution in [3.05, 3.63) is 57.2 Å². The number of rotatable bonds is 4. The average molecular weight is 404 g/mol. The van der Waals surface area contributed by atoms with Gasteiger partial charge in [-0.3, -0.25) is 4.98 Å². The number of ether oxygens (including phenoxy) is 1. The highest BCUT2D eigenvalue weighted by Gasteiger charge is 2.35. The molecule has 2 aromatic rings. The van der Waals surface area contributed by atoms with Crippen molar-refractivity contribution in [3.63, 3.8) is 0 Å². The van der Waals surface area contributed by atoms with Crippen LogP contribution >= 0.6 is 23.2 Å². The molecule has 0 aliphatic rings. The minimum atomic E-state index is -4.65. The average Bonchev–Trinajstić information content (AvgIpc) is 2.56. The maximum Gasteiger partial charge on any atom is 0.419 e. The summed E-state index contributed by atoms with van der Waals surface area (Å²) >= 11 is 11.8. The molecule has 0 bridgehead atoms. The number of benzene rings is 1. The van der Waals surface area contributed by atoms with Crippen molar-refractivity contribution in [1.29, 1.82) is 0 Å². The van der Waals surface area contributed by atoms with E-state index in [0.717, 1.165) is 0 Å². The minimum absolute atomic E-state index is 0.119. The van der Waals surface area contributed by atoms with E-state index >= 15 is 0 Å². The van der Waals surface area contributed by atoms with Gasteiger partial charge in [-0.25, -0.2) is 4.79 Å². The van der Waals surface area contributed by atoms with E-state index in [9.17, 15) is 18.0 Å². The van der Waals surface area contributed by atoms with Gasteiger partial charge in [-0.2, -0.15) is 13.2 Å². The van der Waals surface area contributed by atoms with Gasteiger partial charge in [0.25, 0.3) is 0 Å². The number of nitrogens with zero attached hydrogens (tertiary/aromatic N) is 1. The van der Waals surface area contributed by atoms with E-state index < -0.39 is 22.7 Å². The number of hydrogen-bond donors (Lipinski definition) is 0. The van der Waals surface area contributed by atoms with Gasteiger partial charge in [-0.1, -0.05) is 41.4 Å². The topological polar surface area (TPSA) is 39.2 Å². The molecular weight excluding hydrogens is 390 g/mol. The Bertz CT molecular complexity index is 864. The fourth-order valence-electron chi connectivity index (χ4n) is 2.19. The van der Waals surface area contributed by atoms with E-state index in [-0.39, 0.29) is 17.3 Å². The molecule has 0 saturated heterocycles. The molecule has 0 unspecified atom stereocenters. The second-order valence-corrected chi connectivity index (χ2v) is 6.08. The second kappa shape index (κ2) is 8.10. The van der Waals surface area contributed by atoms with Crippen LogP contribution in [0.5, 0.6) is 0 Å². The third kappa shape index (κ3) is 4.56. The summed E-state index contributed by atoms with van der Waals surface area (Å²) in [6.07, 6.45) is -2.40. The van der Waals surface area contributed by atoms with Crippen LogP contribution in [0.4, 0.5) is 13.2 Å². The van der Waals surface area contributed by atoms with Crippen LogP contribution in [0, 0.1) is 0 Å². The Morgan fingerprint density at radius 1 is 1.27 bits per heavy atom. The highest BCUT2D eigenvalue weighted by atomic mass is 35.5. The summed E-state index contributed by atoms with van der Waals surface area (Å²) < 4.78 is 43.5. The number of esters is 1. The lowest BCUT2D eigenvalue weighted by Crippen LogP contribution is -2.07. The Morgan fingerprint density at radius 3 is 2.58 bits per heavy atom. The van der Waals surface area contributed by atoms with Crippen LogP contribution in [0.1, 0.15) is 25.0 Å². The normalized spacial score (nSPS) is 12.2. The first-order valence-corrected chi connectivity index (χ1v) is 8.27. The molecule has 26 heavy (non-hydrogen) atoms. The summed E-state index contributed by atoms with van der Waals surface area (Å²) in [6, 6.07) is 6.67. The van der Waals surface area contributed by atoms with Crippen molar-refractivity contribution >= 4 is 35.2 Å². The molecule has 2 rings (SSSR count). The predicted molar refractivity (Wildman–Crippen MR) is 95.0 cm³/mol. The first-order valence-electron chi connectivity index (χ1n) is 7.52. The molecule has 0 atom stereocenters. The van der Waals surface area contributed by atoms with Gasteiger partial charge in [0.1, 0.15) is 0 Å². The zero-order chi connectivity index (χ0) is 19.5. The molecule has 1 aromatic carbocycles. The van der Waals surface area contributed by atoms with Crippen molar-refractivity contribution in [2.24, 2.45) is 0 Å². The SMILES string of the molecule is CCOC(=O)C(C)=Cc1cccc(-c2ncc(C(F)(F)F)c(Cl)c2Cl)c1. The summed E-state index contributed by atoms with van der Waals surface area (Å²) in [5.74, 6) is -0.452. The van der Waals surface area contributed by atoms with Gasteiger partial charge in [-0.15, -0.1) is 0 Å². The van der Waals surface area contributed by atoms with E-state index in [1.54, 1.807) is 44.2 Å². The molecule has 0 amide bonds. The molecule has 0 aliphatic heterocycles. The van der Waals surface area contributed by atoms with E-state index in [2.05, 4.69) is 4.98 Å². The molecule has 3 nitrogen and oxygen atoms in total. The van der Waals surface area contributed by atoms with E-state index in [1.165, 1.54) is 0 Å². The molecule has 8 heteroatoms. The molecule has 0 fully saturated rings. The molecule has 138 valence electrons. The zero-order valence-corrected chi connectivity index (χ0v) is 15.3. The Hall–Kier alpha value is -2.05. The van der Waals surface area contributed by atoms with Crippen molar-refractivity contribution in [3.8, 4) is 11.3 Å². The standard InChI is InChI=1S/C18H14Cl2F3NO2/c1-3-26-17(25)10(2)7-11-5-4-6-12(8-11)16-15(20)14(19)13(9-24-16)18(21,22)23/h4-9H,3H2,1-2H3. The summed E-state index contributed by atoms with van der Waals surface area (Å²) in [5.41, 5.74) is 0.516. The van der Waals surface area contributed by atoms with Crippen molar-refractivity contribution in [2.45, 2.75) is 20.0 Å². The lowest BCUT2D eigenvalue weighted by atomic mass is 10.0. The van der Waals surface area contributed by atoms with Gasteiger partial charge >= 0.3 is 12.1 Å². The van der Waals surface area contributed by atoms with Crippen LogP contribution in [0.25, 0.3) is 17.3 Å². The first-order chi connectivity index (χ1) is 12.1. The number of pyridine rings is 1. The molecule has 1 aromatic heterocycles. The molecule has 1 heterocycles. The molecular formula is C18H14Cl2F3NO2. The Kier molecular flexibility index (Phi) is 6.31. The predicted octanol–water partition coefficient (Wildman–Crippen LogP) is 6.04. The largest absolute Gasteiger partial charge is 0.463 e. The van der Waals surface area contributed by atoms with E-state index in [0.29, 0.717) is 22.9 Å². The summed E-state index contributed by atoms with van der Waals surface area (Å²) in [5, 5.41) is -0.891. The van der Waals surface area contributed by atoms with Gasteiger partial charge < -0.3 is 4.74 Å². The van der Waals surface area contributed by atoms with Crippen LogP contribution in [0.3, 0.4) is 0 Å². The lowest BCUT2D eigenvalue weighted by Gasteiger charge is -2.12. The lowest BCUT2D eigenvalue weighted by molar-refractivity contribution is -0.138. The smallest absolute Gasteiger partial charge is 0.419 e. The fourth-order valence-corrected chi connectivity index (χ4v) is 2.70. The quantitative estimate of drug-likeness (QED) is 0.461. The van der Waals surface area contributed by atoms with Crippen LogP contribution < -0.4 is 0 Å². The molecule has 0 saturated carbocycles. The number of carbonyl (C=O) groups is 1. The van der Waals surface area contributed by atoms with Gasteiger partial charge in [-0.05, 0) is 31.6 Å². The molecule has 0 spiro atoms. The number of alkyl halides is 3. The summed E-state index contributed by atoms with van der Waals surface area (Å²) in [4.78, 5) is 15.5. The van der Waals surface area contributed by atoms with Crippen molar-refractivity contribution in [1.82, 2.24) is 4.98 Å². The third-order valence-corrected chi connectivity index (χ3v) is 4.26. The summed E-state index contributed by atoms with van der Waals surface area (Å²) in [6.45, 7) is 3.56. The van der Waals surface area contributed by atoms with Crippen molar-refractivity contribution < 1.29 is 22.7 Å². The van der Waals surface area contributed by atoms with Crippen molar-refractivity contribution in [2.75, 3.05) is 6.61 Å². The van der Waals surface area contributed by atoms with Crippen LogP contribution in [-0.4, -0.2) is 17.6 Å².